The molecule has 0 saturated heterocycles. The van der Waals surface area contributed by atoms with E-state index in [1.807, 2.05) is 0 Å². The molecule has 1 aromatic rings. The van der Waals surface area contributed by atoms with Crippen molar-refractivity contribution < 1.29 is 13.2 Å². The molecule has 0 fully saturated rings. The van der Waals surface area contributed by atoms with Gasteiger partial charge in [0, 0.05) is 25.8 Å². The molecule has 0 aliphatic rings. The normalized spacial score (nSPS) is 13.6. The third kappa shape index (κ3) is 2.63. The third-order valence-electron chi connectivity index (χ3n) is 2.43. The number of halogens is 3. The molecule has 2 N–H and O–H groups in total. The van der Waals surface area contributed by atoms with Gasteiger partial charge in [-0.15, -0.1) is 0 Å². The molecule has 1 heterocycles. The van der Waals surface area contributed by atoms with E-state index in [-0.39, 0.29) is 18.4 Å². The topological polar surface area (TPSA) is 42.1 Å². The second kappa shape index (κ2) is 4.69. The summed E-state index contributed by atoms with van der Waals surface area (Å²) in [4.78, 5) is 5.20. The minimum atomic E-state index is -4.40. The first kappa shape index (κ1) is 12.8. The molecule has 3 nitrogen and oxygen atoms in total. The van der Waals surface area contributed by atoms with Crippen molar-refractivity contribution in [3.05, 3.63) is 23.9 Å². The fourth-order valence-electron chi connectivity index (χ4n) is 1.27. The smallest absolute Gasteiger partial charge is 0.355 e. The van der Waals surface area contributed by atoms with Crippen molar-refractivity contribution in [3.63, 3.8) is 0 Å². The van der Waals surface area contributed by atoms with Crippen LogP contribution in [0.2, 0.25) is 0 Å². The van der Waals surface area contributed by atoms with E-state index in [0.29, 0.717) is 0 Å². The minimum Gasteiger partial charge on any atom is -0.355 e. The van der Waals surface area contributed by atoms with Gasteiger partial charge in [0.05, 0.1) is 5.56 Å². The van der Waals surface area contributed by atoms with Crippen molar-refractivity contribution in [2.45, 2.75) is 19.1 Å². The summed E-state index contributed by atoms with van der Waals surface area (Å²) in [5, 5.41) is 0. The number of rotatable bonds is 3. The average molecular weight is 233 g/mol. The number of anilines is 1. The molecular weight excluding hydrogens is 219 g/mol. The van der Waals surface area contributed by atoms with Crippen molar-refractivity contribution in [2.24, 2.45) is 5.73 Å². The van der Waals surface area contributed by atoms with Crippen LogP contribution in [0.1, 0.15) is 12.5 Å². The van der Waals surface area contributed by atoms with Gasteiger partial charge in [0.2, 0.25) is 0 Å². The molecule has 0 saturated carbocycles. The molecule has 6 heteroatoms. The number of hydrogen-bond donors (Lipinski definition) is 1. The Bertz CT molecular complexity index is 351. The van der Waals surface area contributed by atoms with Crippen molar-refractivity contribution >= 4 is 5.82 Å². The van der Waals surface area contributed by atoms with Crippen LogP contribution >= 0.6 is 0 Å². The van der Waals surface area contributed by atoms with Gasteiger partial charge in [0.1, 0.15) is 5.82 Å². The largest absolute Gasteiger partial charge is 0.419 e. The molecule has 0 amide bonds. The minimum absolute atomic E-state index is 0.0899. The lowest BCUT2D eigenvalue weighted by molar-refractivity contribution is -0.137. The van der Waals surface area contributed by atoms with Gasteiger partial charge in [-0.2, -0.15) is 13.2 Å². The Balaban J connectivity index is 3.13. The van der Waals surface area contributed by atoms with Crippen LogP contribution in [0.15, 0.2) is 18.3 Å². The molecular formula is C10H14F3N3. The first-order valence-corrected chi connectivity index (χ1v) is 4.83. The Labute approximate surface area is 92.1 Å². The quantitative estimate of drug-likeness (QED) is 0.866. The zero-order chi connectivity index (χ0) is 12.3. The first-order valence-electron chi connectivity index (χ1n) is 4.83. The van der Waals surface area contributed by atoms with Crippen molar-refractivity contribution in [2.75, 3.05) is 18.5 Å². The monoisotopic (exact) mass is 233 g/mol. The molecule has 1 unspecified atom stereocenters. The van der Waals surface area contributed by atoms with E-state index in [9.17, 15) is 13.2 Å². The highest BCUT2D eigenvalue weighted by Gasteiger charge is 2.35. The zero-order valence-electron chi connectivity index (χ0n) is 9.12. The molecule has 16 heavy (non-hydrogen) atoms. The zero-order valence-corrected chi connectivity index (χ0v) is 9.12. The number of aromatic nitrogens is 1. The Kier molecular flexibility index (Phi) is 3.74. The predicted octanol–water partition coefficient (Wildman–Crippen LogP) is 1.88. The number of nitrogens with two attached hydrogens (primary N) is 1. The van der Waals surface area contributed by atoms with Crippen LogP contribution in [-0.4, -0.2) is 24.6 Å². The van der Waals surface area contributed by atoms with E-state index in [2.05, 4.69) is 4.98 Å². The third-order valence-corrected chi connectivity index (χ3v) is 2.43. The fraction of sp³-hybridized carbons (Fsp3) is 0.500. The Morgan fingerprint density at radius 2 is 2.12 bits per heavy atom. The Hall–Kier alpha value is -1.30. The van der Waals surface area contributed by atoms with Gasteiger partial charge in [-0.05, 0) is 19.1 Å². The summed E-state index contributed by atoms with van der Waals surface area (Å²) < 4.78 is 38.0. The lowest BCUT2D eigenvalue weighted by atomic mass is 10.2. The van der Waals surface area contributed by atoms with Gasteiger partial charge in [-0.25, -0.2) is 4.98 Å². The number of pyridine rings is 1. The van der Waals surface area contributed by atoms with E-state index < -0.39 is 11.7 Å². The summed E-state index contributed by atoms with van der Waals surface area (Å²) in [5.41, 5.74) is 4.68. The van der Waals surface area contributed by atoms with Gasteiger partial charge >= 0.3 is 6.18 Å². The maximum absolute atomic E-state index is 12.7. The molecule has 90 valence electrons. The van der Waals surface area contributed by atoms with Crippen LogP contribution < -0.4 is 10.6 Å². The highest BCUT2D eigenvalue weighted by molar-refractivity contribution is 5.48. The summed E-state index contributed by atoms with van der Waals surface area (Å²) in [6.07, 6.45) is -3.06. The van der Waals surface area contributed by atoms with Gasteiger partial charge in [0.25, 0.3) is 0 Å². The maximum Gasteiger partial charge on any atom is 0.419 e. The number of alkyl halides is 3. The number of likely N-dealkylation sites (N-methyl/N-ethyl adjacent to an activating group) is 1. The van der Waals surface area contributed by atoms with Gasteiger partial charge in [0.15, 0.2) is 0 Å². The Morgan fingerprint density at radius 1 is 1.50 bits per heavy atom. The standard InChI is InChI=1S/C10H14F3N3/c1-7(6-14)16(2)9-8(10(11,12)13)4-3-5-15-9/h3-5,7H,6,14H2,1-2H3. The second-order valence-corrected chi connectivity index (χ2v) is 3.57. The van der Waals surface area contributed by atoms with Crippen molar-refractivity contribution in [1.29, 1.82) is 0 Å². The van der Waals surface area contributed by atoms with Gasteiger partial charge in [-0.3, -0.25) is 0 Å². The number of hydrogen-bond acceptors (Lipinski definition) is 3. The second-order valence-electron chi connectivity index (χ2n) is 3.57. The molecule has 0 bridgehead atoms. The fourth-order valence-corrected chi connectivity index (χ4v) is 1.27. The van der Waals surface area contributed by atoms with E-state index in [1.165, 1.54) is 17.2 Å². The van der Waals surface area contributed by atoms with Crippen LogP contribution in [0.3, 0.4) is 0 Å². The number of nitrogens with zero attached hydrogens (tertiary/aromatic N) is 2. The van der Waals surface area contributed by atoms with E-state index in [1.54, 1.807) is 14.0 Å². The molecule has 0 aliphatic carbocycles. The molecule has 0 aliphatic heterocycles. The molecule has 1 aromatic heterocycles. The summed E-state index contributed by atoms with van der Waals surface area (Å²) in [6, 6.07) is 2.09. The Morgan fingerprint density at radius 3 is 2.62 bits per heavy atom. The summed E-state index contributed by atoms with van der Waals surface area (Å²) in [7, 11) is 1.55. The predicted molar refractivity (Wildman–Crippen MR) is 56.2 cm³/mol. The van der Waals surface area contributed by atoms with E-state index >= 15 is 0 Å². The van der Waals surface area contributed by atoms with Crippen molar-refractivity contribution in [1.82, 2.24) is 4.98 Å². The van der Waals surface area contributed by atoms with E-state index in [4.69, 9.17) is 5.73 Å². The van der Waals surface area contributed by atoms with Crippen LogP contribution in [0.5, 0.6) is 0 Å². The van der Waals surface area contributed by atoms with Gasteiger partial charge < -0.3 is 10.6 Å². The summed E-state index contributed by atoms with van der Waals surface area (Å²) in [5.74, 6) is -0.0899. The van der Waals surface area contributed by atoms with Crippen LogP contribution in [0.4, 0.5) is 19.0 Å². The molecule has 0 radical (unpaired) electrons. The average Bonchev–Trinajstić information content (AvgIpc) is 2.26. The summed E-state index contributed by atoms with van der Waals surface area (Å²) >= 11 is 0. The maximum atomic E-state index is 12.7. The summed E-state index contributed by atoms with van der Waals surface area (Å²) in [6.45, 7) is 2.01. The molecule has 1 rings (SSSR count). The van der Waals surface area contributed by atoms with Crippen molar-refractivity contribution in [3.8, 4) is 0 Å². The molecule has 0 aromatic carbocycles. The highest BCUT2D eigenvalue weighted by atomic mass is 19.4. The van der Waals surface area contributed by atoms with Crippen LogP contribution in [-0.2, 0) is 6.18 Å². The molecule has 0 spiro atoms. The van der Waals surface area contributed by atoms with Crippen LogP contribution in [0, 0.1) is 0 Å². The lowest BCUT2D eigenvalue weighted by Crippen LogP contribution is -2.37. The van der Waals surface area contributed by atoms with Crippen LogP contribution in [0.25, 0.3) is 0 Å². The lowest BCUT2D eigenvalue weighted by Gasteiger charge is -2.27. The molecule has 1 atom stereocenters. The SMILES string of the molecule is CC(CN)N(C)c1ncccc1C(F)(F)F. The first-order chi connectivity index (χ1) is 7.38. The highest BCUT2D eigenvalue weighted by Crippen LogP contribution is 2.35. The van der Waals surface area contributed by atoms with Gasteiger partial charge in [-0.1, -0.05) is 0 Å². The van der Waals surface area contributed by atoms with E-state index in [0.717, 1.165) is 6.07 Å².